The Kier molecular flexibility index (Phi) is 2.58. The number of carbonyl (C=O) groups is 1. The lowest BCUT2D eigenvalue weighted by Crippen LogP contribution is -2.05. The van der Waals surface area contributed by atoms with E-state index in [1.54, 1.807) is 12.3 Å². The Hall–Kier alpha value is -1.64. The molecule has 0 fully saturated rings. The van der Waals surface area contributed by atoms with E-state index in [0.29, 0.717) is 0 Å². The largest absolute Gasteiger partial charge is 0.366 e. The predicted molar refractivity (Wildman–Crippen MR) is 47.2 cm³/mol. The number of amides is 1. The van der Waals surface area contributed by atoms with Gasteiger partial charge in [-0.05, 0) is 24.6 Å². The SMILES string of the molecule is Cc1ccc(/C=C/C(N)=O)nc1. The van der Waals surface area contributed by atoms with Gasteiger partial charge in [0.25, 0.3) is 0 Å². The molecule has 0 atom stereocenters. The fraction of sp³-hybridized carbons (Fsp3) is 0.111. The Morgan fingerprint density at radius 1 is 1.58 bits per heavy atom. The molecule has 0 aromatic carbocycles. The number of nitrogens with zero attached hydrogens (tertiary/aromatic N) is 1. The van der Waals surface area contributed by atoms with Crippen molar-refractivity contribution < 1.29 is 4.79 Å². The van der Waals surface area contributed by atoms with Gasteiger partial charge in [-0.15, -0.1) is 0 Å². The van der Waals surface area contributed by atoms with Crippen molar-refractivity contribution in [2.24, 2.45) is 5.73 Å². The van der Waals surface area contributed by atoms with Gasteiger partial charge in [-0.25, -0.2) is 0 Å². The lowest BCUT2D eigenvalue weighted by atomic mass is 10.2. The summed E-state index contributed by atoms with van der Waals surface area (Å²) in [6, 6.07) is 3.75. The molecule has 0 saturated heterocycles. The molecule has 0 spiro atoms. The molecule has 0 unspecified atom stereocenters. The van der Waals surface area contributed by atoms with Crippen LogP contribution in [0.2, 0.25) is 0 Å². The van der Waals surface area contributed by atoms with E-state index in [-0.39, 0.29) is 0 Å². The standard InChI is InChI=1S/C9H10N2O/c1-7-2-3-8(11-6-7)4-5-9(10)12/h2-6H,1H3,(H2,10,12)/b5-4+. The smallest absolute Gasteiger partial charge is 0.241 e. The van der Waals surface area contributed by atoms with Gasteiger partial charge in [-0.2, -0.15) is 0 Å². The zero-order chi connectivity index (χ0) is 8.97. The van der Waals surface area contributed by atoms with E-state index in [1.807, 2.05) is 19.1 Å². The summed E-state index contributed by atoms with van der Waals surface area (Å²) in [7, 11) is 0. The van der Waals surface area contributed by atoms with Crippen LogP contribution in [0.4, 0.5) is 0 Å². The molecule has 12 heavy (non-hydrogen) atoms. The molecule has 62 valence electrons. The van der Waals surface area contributed by atoms with E-state index in [0.717, 1.165) is 11.3 Å². The second kappa shape index (κ2) is 3.67. The quantitative estimate of drug-likeness (QED) is 0.656. The van der Waals surface area contributed by atoms with E-state index >= 15 is 0 Å². The monoisotopic (exact) mass is 162 g/mol. The Labute approximate surface area is 70.9 Å². The van der Waals surface area contributed by atoms with Crippen LogP contribution in [0.15, 0.2) is 24.4 Å². The number of pyridine rings is 1. The van der Waals surface area contributed by atoms with Gasteiger partial charge in [-0.1, -0.05) is 6.07 Å². The molecule has 0 aliphatic carbocycles. The van der Waals surface area contributed by atoms with Crippen molar-refractivity contribution in [1.82, 2.24) is 4.98 Å². The summed E-state index contributed by atoms with van der Waals surface area (Å²) in [4.78, 5) is 14.4. The molecule has 0 aliphatic heterocycles. The van der Waals surface area contributed by atoms with Crippen molar-refractivity contribution in [3.63, 3.8) is 0 Å². The normalized spacial score (nSPS) is 10.4. The number of aryl methyl sites for hydroxylation is 1. The third-order valence-electron chi connectivity index (χ3n) is 1.35. The molecule has 0 bridgehead atoms. The molecular formula is C9H10N2O. The first kappa shape index (κ1) is 8.46. The fourth-order valence-corrected chi connectivity index (χ4v) is 0.745. The van der Waals surface area contributed by atoms with Crippen molar-refractivity contribution in [1.29, 1.82) is 0 Å². The van der Waals surface area contributed by atoms with Gasteiger partial charge < -0.3 is 5.73 Å². The van der Waals surface area contributed by atoms with Gasteiger partial charge in [0.1, 0.15) is 0 Å². The zero-order valence-corrected chi connectivity index (χ0v) is 6.82. The number of aromatic nitrogens is 1. The number of rotatable bonds is 2. The van der Waals surface area contributed by atoms with Gasteiger partial charge in [0, 0.05) is 12.3 Å². The third kappa shape index (κ3) is 2.54. The summed E-state index contributed by atoms with van der Waals surface area (Å²) < 4.78 is 0. The number of hydrogen-bond donors (Lipinski definition) is 1. The highest BCUT2D eigenvalue weighted by Gasteiger charge is 1.88. The highest BCUT2D eigenvalue weighted by molar-refractivity contribution is 5.89. The van der Waals surface area contributed by atoms with Crippen LogP contribution in [0, 0.1) is 6.92 Å². The average molecular weight is 162 g/mol. The summed E-state index contributed by atoms with van der Waals surface area (Å²) in [5.41, 5.74) is 6.74. The average Bonchev–Trinajstić information content (AvgIpc) is 2.03. The summed E-state index contributed by atoms with van der Waals surface area (Å²) >= 11 is 0. The Morgan fingerprint density at radius 3 is 2.83 bits per heavy atom. The minimum atomic E-state index is -0.461. The molecule has 3 heteroatoms. The van der Waals surface area contributed by atoms with Crippen LogP contribution in [-0.2, 0) is 4.79 Å². The maximum absolute atomic E-state index is 10.3. The van der Waals surface area contributed by atoms with Crippen LogP contribution in [-0.4, -0.2) is 10.9 Å². The number of nitrogens with two attached hydrogens (primary N) is 1. The van der Waals surface area contributed by atoms with Gasteiger partial charge >= 0.3 is 0 Å². The third-order valence-corrected chi connectivity index (χ3v) is 1.35. The molecule has 0 saturated carbocycles. The van der Waals surface area contributed by atoms with E-state index < -0.39 is 5.91 Å². The van der Waals surface area contributed by atoms with Crippen LogP contribution >= 0.6 is 0 Å². The first-order valence-corrected chi connectivity index (χ1v) is 3.58. The van der Waals surface area contributed by atoms with Gasteiger partial charge in [0.05, 0.1) is 5.69 Å². The lowest BCUT2D eigenvalue weighted by molar-refractivity contribution is -0.113. The van der Waals surface area contributed by atoms with E-state index in [2.05, 4.69) is 4.98 Å². The van der Waals surface area contributed by atoms with E-state index in [4.69, 9.17) is 5.73 Å². The first-order chi connectivity index (χ1) is 5.68. The van der Waals surface area contributed by atoms with Gasteiger partial charge in [-0.3, -0.25) is 9.78 Å². The summed E-state index contributed by atoms with van der Waals surface area (Å²) in [5.74, 6) is -0.461. The van der Waals surface area contributed by atoms with Crippen molar-refractivity contribution in [3.05, 3.63) is 35.7 Å². The molecule has 1 aromatic heterocycles. The molecule has 0 radical (unpaired) electrons. The molecule has 1 rings (SSSR count). The number of primary amides is 1. The number of hydrogen-bond acceptors (Lipinski definition) is 2. The van der Waals surface area contributed by atoms with Crippen LogP contribution in [0.3, 0.4) is 0 Å². The van der Waals surface area contributed by atoms with Crippen LogP contribution in [0.5, 0.6) is 0 Å². The van der Waals surface area contributed by atoms with Crippen LogP contribution < -0.4 is 5.73 Å². The lowest BCUT2D eigenvalue weighted by Gasteiger charge is -1.92. The van der Waals surface area contributed by atoms with Crippen molar-refractivity contribution in [2.75, 3.05) is 0 Å². The van der Waals surface area contributed by atoms with Crippen LogP contribution in [0.25, 0.3) is 6.08 Å². The van der Waals surface area contributed by atoms with E-state index in [9.17, 15) is 4.79 Å². The topological polar surface area (TPSA) is 56.0 Å². The maximum atomic E-state index is 10.3. The molecule has 1 heterocycles. The first-order valence-electron chi connectivity index (χ1n) is 3.58. The minimum Gasteiger partial charge on any atom is -0.366 e. The summed E-state index contributed by atoms with van der Waals surface area (Å²) in [6.07, 6.45) is 4.61. The van der Waals surface area contributed by atoms with E-state index in [1.165, 1.54) is 6.08 Å². The molecule has 1 aromatic rings. The molecule has 0 aliphatic rings. The van der Waals surface area contributed by atoms with Crippen molar-refractivity contribution in [3.8, 4) is 0 Å². The molecular weight excluding hydrogens is 152 g/mol. The molecule has 1 amide bonds. The van der Waals surface area contributed by atoms with Crippen LogP contribution in [0.1, 0.15) is 11.3 Å². The molecule has 2 N–H and O–H groups in total. The van der Waals surface area contributed by atoms with Crippen molar-refractivity contribution >= 4 is 12.0 Å². The number of carbonyl (C=O) groups excluding carboxylic acids is 1. The second-order valence-electron chi connectivity index (χ2n) is 2.50. The summed E-state index contributed by atoms with van der Waals surface area (Å²) in [5, 5.41) is 0. The Balaban J connectivity index is 2.77. The van der Waals surface area contributed by atoms with Crippen molar-refractivity contribution in [2.45, 2.75) is 6.92 Å². The minimum absolute atomic E-state index is 0.461. The van der Waals surface area contributed by atoms with Gasteiger partial charge in [0.15, 0.2) is 0 Å². The Morgan fingerprint density at radius 2 is 2.33 bits per heavy atom. The summed E-state index contributed by atoms with van der Waals surface area (Å²) in [6.45, 7) is 1.95. The Bertz CT molecular complexity index is 301. The fourth-order valence-electron chi connectivity index (χ4n) is 0.745. The maximum Gasteiger partial charge on any atom is 0.241 e. The second-order valence-corrected chi connectivity index (χ2v) is 2.50. The predicted octanol–water partition coefficient (Wildman–Crippen LogP) is 0.889. The molecule has 3 nitrogen and oxygen atoms in total. The highest BCUT2D eigenvalue weighted by Crippen LogP contribution is 1.99. The van der Waals surface area contributed by atoms with Gasteiger partial charge in [0.2, 0.25) is 5.91 Å². The zero-order valence-electron chi connectivity index (χ0n) is 6.82. The highest BCUT2D eigenvalue weighted by atomic mass is 16.1.